The molecule has 8 nitrogen and oxygen atoms in total. The van der Waals surface area contributed by atoms with Crippen LogP contribution in [0.15, 0.2) is 18.2 Å². The number of non-ortho nitro benzene ring substituents is 1. The molecule has 0 aliphatic carbocycles. The van der Waals surface area contributed by atoms with Crippen LogP contribution in [0.1, 0.15) is 12.5 Å². The van der Waals surface area contributed by atoms with Gasteiger partial charge in [0.05, 0.1) is 4.92 Å². The molecular formula is C11H13N3O5. The van der Waals surface area contributed by atoms with E-state index in [0.717, 1.165) is 0 Å². The summed E-state index contributed by atoms with van der Waals surface area (Å²) < 4.78 is 5.12. The highest BCUT2D eigenvalue weighted by molar-refractivity contribution is 5.75. The summed E-state index contributed by atoms with van der Waals surface area (Å²) in [6.45, 7) is 1.04. The van der Waals surface area contributed by atoms with Crippen molar-refractivity contribution in [3.8, 4) is 5.75 Å². The predicted molar refractivity (Wildman–Crippen MR) is 65.3 cm³/mol. The lowest BCUT2D eigenvalue weighted by Gasteiger charge is -2.10. The lowest BCUT2D eigenvalue weighted by Crippen LogP contribution is -2.22. The number of carbonyl (C=O) groups is 2. The van der Waals surface area contributed by atoms with Gasteiger partial charge in [0, 0.05) is 31.2 Å². The second-order valence-corrected chi connectivity index (χ2v) is 3.71. The third-order valence-corrected chi connectivity index (χ3v) is 2.15. The number of hydrogen-bond donors (Lipinski definition) is 2. The molecule has 0 aliphatic rings. The first-order valence-electron chi connectivity index (χ1n) is 5.33. The summed E-state index contributed by atoms with van der Waals surface area (Å²) in [6.07, 6.45) is 0. The van der Waals surface area contributed by atoms with Crippen LogP contribution in [-0.2, 0) is 16.1 Å². The minimum atomic E-state index is -0.663. The number of nitro groups is 1. The molecule has 0 radical (unpaired) electrons. The van der Waals surface area contributed by atoms with Gasteiger partial charge in [0.2, 0.25) is 5.91 Å². The molecule has 8 heteroatoms. The highest BCUT2D eigenvalue weighted by Crippen LogP contribution is 2.24. The molecule has 0 unspecified atom stereocenters. The standard InChI is InChI=1S/C11H13N3O5/c1-7(15)13-5-8-4-9(14(17)18)2-3-10(8)19-6-11(12)16/h2-4H,5-6H2,1H3,(H2,12,16)(H,13,15). The Hall–Kier alpha value is -2.64. The molecule has 2 amide bonds. The fourth-order valence-electron chi connectivity index (χ4n) is 1.33. The van der Waals surface area contributed by atoms with Crippen molar-refractivity contribution in [2.75, 3.05) is 6.61 Å². The average molecular weight is 267 g/mol. The van der Waals surface area contributed by atoms with Crippen molar-refractivity contribution in [3.05, 3.63) is 33.9 Å². The van der Waals surface area contributed by atoms with Gasteiger partial charge in [-0.2, -0.15) is 0 Å². The number of nitrogens with zero attached hydrogens (tertiary/aromatic N) is 1. The molecule has 0 atom stereocenters. The number of ether oxygens (including phenoxy) is 1. The lowest BCUT2D eigenvalue weighted by molar-refractivity contribution is -0.384. The van der Waals surface area contributed by atoms with Gasteiger partial charge in [-0.05, 0) is 6.07 Å². The van der Waals surface area contributed by atoms with Gasteiger partial charge in [0.1, 0.15) is 5.75 Å². The van der Waals surface area contributed by atoms with E-state index < -0.39 is 10.8 Å². The van der Waals surface area contributed by atoms with E-state index in [2.05, 4.69) is 5.32 Å². The summed E-state index contributed by atoms with van der Waals surface area (Å²) in [7, 11) is 0. The van der Waals surface area contributed by atoms with Crippen molar-refractivity contribution in [1.82, 2.24) is 5.32 Å². The van der Waals surface area contributed by atoms with Gasteiger partial charge in [-0.25, -0.2) is 0 Å². The highest BCUT2D eigenvalue weighted by atomic mass is 16.6. The number of rotatable bonds is 6. The third kappa shape index (κ3) is 4.62. The molecular weight excluding hydrogens is 254 g/mol. The van der Waals surface area contributed by atoms with E-state index in [1.807, 2.05) is 0 Å². The third-order valence-electron chi connectivity index (χ3n) is 2.15. The molecule has 1 rings (SSSR count). The predicted octanol–water partition coefficient (Wildman–Crippen LogP) is 0.0950. The molecule has 0 saturated carbocycles. The highest BCUT2D eigenvalue weighted by Gasteiger charge is 2.12. The summed E-state index contributed by atoms with van der Waals surface area (Å²) in [4.78, 5) is 31.6. The Morgan fingerprint density at radius 3 is 2.68 bits per heavy atom. The normalized spacial score (nSPS) is 9.74. The van der Waals surface area contributed by atoms with E-state index >= 15 is 0 Å². The zero-order chi connectivity index (χ0) is 14.4. The maximum atomic E-state index is 10.9. The van der Waals surface area contributed by atoms with Gasteiger partial charge in [0.25, 0.3) is 11.6 Å². The van der Waals surface area contributed by atoms with E-state index in [0.29, 0.717) is 5.56 Å². The quantitative estimate of drug-likeness (QED) is 0.558. The fourth-order valence-corrected chi connectivity index (χ4v) is 1.33. The Kier molecular flexibility index (Phi) is 4.81. The summed E-state index contributed by atoms with van der Waals surface area (Å²) in [5.74, 6) is -0.686. The second kappa shape index (κ2) is 6.34. The Balaban J connectivity index is 2.96. The molecule has 0 heterocycles. The van der Waals surface area contributed by atoms with E-state index in [1.165, 1.54) is 25.1 Å². The van der Waals surface area contributed by atoms with Crippen LogP contribution in [-0.4, -0.2) is 23.3 Å². The van der Waals surface area contributed by atoms with Crippen LogP contribution in [0.2, 0.25) is 0 Å². The van der Waals surface area contributed by atoms with Crippen molar-refractivity contribution >= 4 is 17.5 Å². The zero-order valence-corrected chi connectivity index (χ0v) is 10.2. The van der Waals surface area contributed by atoms with E-state index in [9.17, 15) is 19.7 Å². The minimum Gasteiger partial charge on any atom is -0.483 e. The van der Waals surface area contributed by atoms with E-state index in [4.69, 9.17) is 10.5 Å². The van der Waals surface area contributed by atoms with Gasteiger partial charge < -0.3 is 15.8 Å². The summed E-state index contributed by atoms with van der Waals surface area (Å²) in [6, 6.07) is 3.87. The van der Waals surface area contributed by atoms with Gasteiger partial charge in [-0.1, -0.05) is 0 Å². The Morgan fingerprint density at radius 2 is 2.16 bits per heavy atom. The minimum absolute atomic E-state index is 0.0606. The van der Waals surface area contributed by atoms with Gasteiger partial charge in [0.15, 0.2) is 6.61 Å². The number of carbonyl (C=O) groups excluding carboxylic acids is 2. The molecule has 0 fully saturated rings. The first-order valence-corrected chi connectivity index (χ1v) is 5.33. The van der Waals surface area contributed by atoms with E-state index in [-0.39, 0.29) is 30.5 Å². The second-order valence-electron chi connectivity index (χ2n) is 3.71. The van der Waals surface area contributed by atoms with Crippen LogP contribution in [0.25, 0.3) is 0 Å². The summed E-state index contributed by atoms with van der Waals surface area (Å²) >= 11 is 0. The zero-order valence-electron chi connectivity index (χ0n) is 10.2. The van der Waals surface area contributed by atoms with Crippen molar-refractivity contribution in [1.29, 1.82) is 0 Å². The molecule has 0 spiro atoms. The number of benzene rings is 1. The van der Waals surface area contributed by atoms with Gasteiger partial charge >= 0.3 is 0 Å². The monoisotopic (exact) mass is 267 g/mol. The van der Waals surface area contributed by atoms with Crippen LogP contribution in [0, 0.1) is 10.1 Å². The first-order chi connectivity index (χ1) is 8.90. The fraction of sp³-hybridized carbons (Fsp3) is 0.273. The number of primary amides is 1. The SMILES string of the molecule is CC(=O)NCc1cc([N+](=O)[O-])ccc1OCC(N)=O. The van der Waals surface area contributed by atoms with E-state index in [1.54, 1.807) is 0 Å². The molecule has 1 aromatic carbocycles. The van der Waals surface area contributed by atoms with Gasteiger partial charge in [-0.3, -0.25) is 19.7 Å². The topological polar surface area (TPSA) is 125 Å². The van der Waals surface area contributed by atoms with Crippen LogP contribution in [0.5, 0.6) is 5.75 Å². The number of nitrogens with two attached hydrogens (primary N) is 1. The number of hydrogen-bond acceptors (Lipinski definition) is 5. The molecule has 3 N–H and O–H groups in total. The molecule has 102 valence electrons. The maximum Gasteiger partial charge on any atom is 0.270 e. The maximum absolute atomic E-state index is 10.9. The van der Waals surface area contributed by atoms with Crippen molar-refractivity contribution in [3.63, 3.8) is 0 Å². The molecule has 0 aromatic heterocycles. The van der Waals surface area contributed by atoms with Crippen molar-refractivity contribution in [2.45, 2.75) is 13.5 Å². The average Bonchev–Trinajstić information content (AvgIpc) is 2.33. The van der Waals surface area contributed by atoms with Crippen LogP contribution < -0.4 is 15.8 Å². The summed E-state index contributed by atoms with van der Waals surface area (Å²) in [5.41, 5.74) is 5.21. The van der Waals surface area contributed by atoms with Crippen LogP contribution >= 0.6 is 0 Å². The largest absolute Gasteiger partial charge is 0.483 e. The Bertz CT molecular complexity index is 515. The molecule has 0 aliphatic heterocycles. The molecule has 0 bridgehead atoms. The molecule has 0 saturated heterocycles. The Labute approximate surface area is 108 Å². The summed E-state index contributed by atoms with van der Waals surface area (Å²) in [5, 5.41) is 13.2. The smallest absolute Gasteiger partial charge is 0.270 e. The number of nitrogens with one attached hydrogen (secondary N) is 1. The number of nitro benzene ring substituents is 1. The molecule has 1 aromatic rings. The Morgan fingerprint density at radius 1 is 1.47 bits per heavy atom. The van der Waals surface area contributed by atoms with Crippen LogP contribution in [0.3, 0.4) is 0 Å². The van der Waals surface area contributed by atoms with Crippen LogP contribution in [0.4, 0.5) is 5.69 Å². The molecule has 19 heavy (non-hydrogen) atoms. The lowest BCUT2D eigenvalue weighted by atomic mass is 10.1. The van der Waals surface area contributed by atoms with Crippen molar-refractivity contribution < 1.29 is 19.2 Å². The van der Waals surface area contributed by atoms with Gasteiger partial charge in [-0.15, -0.1) is 0 Å². The van der Waals surface area contributed by atoms with Crippen molar-refractivity contribution in [2.24, 2.45) is 5.73 Å². The first kappa shape index (κ1) is 14.4. The number of amides is 2.